The van der Waals surface area contributed by atoms with Gasteiger partial charge in [-0.2, -0.15) is 0 Å². The Hall–Kier alpha value is -1.12. The maximum absolute atomic E-state index is 11.3. The molecule has 1 saturated heterocycles. The van der Waals surface area contributed by atoms with Crippen molar-refractivity contribution < 1.29 is 9.59 Å². The molecule has 2 bridgehead atoms. The highest BCUT2D eigenvalue weighted by Crippen LogP contribution is 2.50. The normalized spacial score (nSPS) is 41.9. The van der Waals surface area contributed by atoms with Gasteiger partial charge in [-0.1, -0.05) is 26.0 Å². The zero-order valence-corrected chi connectivity index (χ0v) is 8.49. The zero-order chi connectivity index (χ0) is 10.3. The summed E-state index contributed by atoms with van der Waals surface area (Å²) in [5, 5.41) is 2.40. The molecule has 1 N–H and O–H groups in total. The van der Waals surface area contributed by atoms with Gasteiger partial charge >= 0.3 is 0 Å². The molecule has 4 atom stereocenters. The number of imide groups is 1. The van der Waals surface area contributed by atoms with Crippen molar-refractivity contribution >= 4 is 11.8 Å². The van der Waals surface area contributed by atoms with Crippen molar-refractivity contribution in [2.45, 2.75) is 20.3 Å². The second-order valence-electron chi connectivity index (χ2n) is 3.85. The molecular formula is C11H15NO2. The fourth-order valence-corrected chi connectivity index (χ4v) is 2.83. The molecule has 0 aromatic heterocycles. The molecule has 0 aromatic rings. The van der Waals surface area contributed by atoms with E-state index in [1.807, 2.05) is 13.8 Å². The highest BCUT2D eigenvalue weighted by Gasteiger charge is 2.55. The highest BCUT2D eigenvalue weighted by atomic mass is 16.2. The Morgan fingerprint density at radius 3 is 1.93 bits per heavy atom. The second kappa shape index (κ2) is 3.23. The number of hydrogen-bond acceptors (Lipinski definition) is 2. The van der Waals surface area contributed by atoms with E-state index in [2.05, 4.69) is 17.5 Å². The molecule has 2 amide bonds. The second-order valence-corrected chi connectivity index (χ2v) is 3.85. The van der Waals surface area contributed by atoms with Crippen molar-refractivity contribution in [1.29, 1.82) is 0 Å². The molecule has 76 valence electrons. The average molecular weight is 193 g/mol. The van der Waals surface area contributed by atoms with Crippen molar-refractivity contribution in [2.24, 2.45) is 23.7 Å². The first-order valence-electron chi connectivity index (χ1n) is 5.30. The molecule has 1 aliphatic heterocycles. The molecule has 0 aromatic carbocycles. The van der Waals surface area contributed by atoms with Crippen LogP contribution in [0.15, 0.2) is 12.2 Å². The van der Waals surface area contributed by atoms with Crippen LogP contribution in [0.2, 0.25) is 0 Å². The van der Waals surface area contributed by atoms with Crippen LogP contribution in [0.3, 0.4) is 0 Å². The van der Waals surface area contributed by atoms with E-state index in [9.17, 15) is 9.59 Å². The molecule has 1 heterocycles. The van der Waals surface area contributed by atoms with Crippen LogP contribution in [-0.4, -0.2) is 11.8 Å². The molecule has 4 unspecified atom stereocenters. The maximum atomic E-state index is 11.3. The van der Waals surface area contributed by atoms with Gasteiger partial charge in [0.1, 0.15) is 0 Å². The van der Waals surface area contributed by atoms with Crippen LogP contribution in [0.25, 0.3) is 0 Å². The Kier molecular flexibility index (Phi) is 2.17. The Morgan fingerprint density at radius 2 is 1.50 bits per heavy atom. The number of allylic oxidation sites excluding steroid dienone is 2. The Bertz CT molecular complexity index is 280. The van der Waals surface area contributed by atoms with Crippen LogP contribution in [0.1, 0.15) is 20.3 Å². The Morgan fingerprint density at radius 1 is 1.07 bits per heavy atom. The van der Waals surface area contributed by atoms with Crippen LogP contribution in [0.5, 0.6) is 0 Å². The highest BCUT2D eigenvalue weighted by molar-refractivity contribution is 6.06. The number of carbonyl (C=O) groups is 2. The van der Waals surface area contributed by atoms with Crippen LogP contribution in [-0.2, 0) is 9.59 Å². The van der Waals surface area contributed by atoms with Crippen molar-refractivity contribution in [2.75, 3.05) is 0 Å². The third kappa shape index (κ3) is 1.04. The summed E-state index contributed by atoms with van der Waals surface area (Å²) in [6, 6.07) is 0. The fraction of sp³-hybridized carbons (Fsp3) is 0.636. The van der Waals surface area contributed by atoms with Crippen molar-refractivity contribution in [1.82, 2.24) is 5.32 Å². The maximum Gasteiger partial charge on any atom is 0.231 e. The van der Waals surface area contributed by atoms with E-state index in [4.69, 9.17) is 0 Å². The summed E-state index contributed by atoms with van der Waals surface area (Å²) >= 11 is 0. The van der Waals surface area contributed by atoms with Gasteiger partial charge in [0.05, 0.1) is 11.8 Å². The standard InChI is InChI=1S/C9H9NO2.C2H6/c11-8-6-4-1-2-5(3-4)7(6)9(12)10-8;1-2/h1-2,4-7H,3H2,(H,10,11,12);1-2H3. The van der Waals surface area contributed by atoms with Crippen LogP contribution < -0.4 is 5.32 Å². The van der Waals surface area contributed by atoms with Gasteiger partial charge in [0.2, 0.25) is 11.8 Å². The van der Waals surface area contributed by atoms with Crippen molar-refractivity contribution in [3.63, 3.8) is 0 Å². The van der Waals surface area contributed by atoms with Gasteiger partial charge in [0.15, 0.2) is 0 Å². The summed E-state index contributed by atoms with van der Waals surface area (Å²) in [6.45, 7) is 4.00. The number of fused-ring (bicyclic) bond motifs is 5. The first-order chi connectivity index (χ1) is 6.77. The van der Waals surface area contributed by atoms with E-state index < -0.39 is 0 Å². The van der Waals surface area contributed by atoms with Crippen LogP contribution >= 0.6 is 0 Å². The SMILES string of the molecule is CC.O=C1NC(=O)C2C3C=CC(C3)C12. The molecule has 3 nitrogen and oxygen atoms in total. The lowest BCUT2D eigenvalue weighted by Crippen LogP contribution is -2.25. The smallest absolute Gasteiger partial charge is 0.231 e. The van der Waals surface area contributed by atoms with E-state index >= 15 is 0 Å². The molecule has 3 rings (SSSR count). The predicted molar refractivity (Wildman–Crippen MR) is 52.2 cm³/mol. The van der Waals surface area contributed by atoms with Gasteiger partial charge < -0.3 is 0 Å². The fourth-order valence-electron chi connectivity index (χ4n) is 2.83. The van der Waals surface area contributed by atoms with Crippen LogP contribution in [0, 0.1) is 23.7 Å². The van der Waals surface area contributed by atoms with Crippen molar-refractivity contribution in [3.8, 4) is 0 Å². The Balaban J connectivity index is 0.000000354. The van der Waals surface area contributed by atoms with Gasteiger partial charge in [0, 0.05) is 0 Å². The van der Waals surface area contributed by atoms with Gasteiger partial charge in [-0.25, -0.2) is 0 Å². The molecular weight excluding hydrogens is 178 g/mol. The third-order valence-corrected chi connectivity index (χ3v) is 3.31. The largest absolute Gasteiger partial charge is 0.296 e. The molecule has 0 radical (unpaired) electrons. The minimum absolute atomic E-state index is 0.0347. The number of hydrogen-bond donors (Lipinski definition) is 1. The average Bonchev–Trinajstić information content (AvgIpc) is 2.84. The van der Waals surface area contributed by atoms with Crippen molar-refractivity contribution in [3.05, 3.63) is 12.2 Å². The first-order valence-corrected chi connectivity index (χ1v) is 5.30. The van der Waals surface area contributed by atoms with Gasteiger partial charge in [-0.3, -0.25) is 14.9 Å². The minimum Gasteiger partial charge on any atom is -0.296 e. The zero-order valence-electron chi connectivity index (χ0n) is 8.49. The topological polar surface area (TPSA) is 46.2 Å². The Labute approximate surface area is 83.6 Å². The van der Waals surface area contributed by atoms with Crippen LogP contribution in [0.4, 0.5) is 0 Å². The van der Waals surface area contributed by atoms with E-state index in [-0.39, 0.29) is 23.7 Å². The molecule has 2 aliphatic carbocycles. The molecule has 3 aliphatic rings. The first kappa shape index (κ1) is 9.44. The van der Waals surface area contributed by atoms with Gasteiger partial charge in [0.25, 0.3) is 0 Å². The summed E-state index contributed by atoms with van der Waals surface area (Å²) < 4.78 is 0. The number of carbonyl (C=O) groups excluding carboxylic acids is 2. The summed E-state index contributed by atoms with van der Waals surface area (Å²) in [4.78, 5) is 22.6. The minimum atomic E-state index is -0.0538. The summed E-state index contributed by atoms with van der Waals surface area (Å²) in [7, 11) is 0. The molecule has 14 heavy (non-hydrogen) atoms. The van der Waals surface area contributed by atoms with E-state index in [0.29, 0.717) is 11.8 Å². The molecule has 0 spiro atoms. The lowest BCUT2D eigenvalue weighted by molar-refractivity contribution is -0.126. The third-order valence-electron chi connectivity index (χ3n) is 3.31. The number of rotatable bonds is 0. The molecule has 3 heteroatoms. The van der Waals surface area contributed by atoms with Gasteiger partial charge in [-0.15, -0.1) is 0 Å². The lowest BCUT2D eigenvalue weighted by atomic mass is 9.85. The lowest BCUT2D eigenvalue weighted by Gasteiger charge is -2.14. The number of amides is 2. The van der Waals surface area contributed by atoms with E-state index in [1.165, 1.54) is 0 Å². The van der Waals surface area contributed by atoms with E-state index in [0.717, 1.165) is 6.42 Å². The summed E-state index contributed by atoms with van der Waals surface area (Å²) in [5.41, 5.74) is 0. The number of nitrogens with one attached hydrogen (secondary N) is 1. The monoisotopic (exact) mass is 193 g/mol. The summed E-state index contributed by atoms with van der Waals surface area (Å²) in [6.07, 6.45) is 5.18. The quantitative estimate of drug-likeness (QED) is 0.462. The molecule has 2 fully saturated rings. The summed E-state index contributed by atoms with van der Waals surface area (Å²) in [5.74, 6) is 0.501. The predicted octanol–water partition coefficient (Wildman–Crippen LogP) is 1.11. The molecule has 1 saturated carbocycles. The van der Waals surface area contributed by atoms with Gasteiger partial charge in [-0.05, 0) is 18.3 Å². The van der Waals surface area contributed by atoms with E-state index in [1.54, 1.807) is 0 Å².